The normalized spacial score (nSPS) is 24.0. The van der Waals surface area contributed by atoms with E-state index in [0.717, 1.165) is 25.1 Å². The maximum atomic E-state index is 12.9. The van der Waals surface area contributed by atoms with E-state index in [1.807, 2.05) is 6.92 Å². The van der Waals surface area contributed by atoms with E-state index in [-0.39, 0.29) is 18.1 Å². The molecule has 0 radical (unpaired) electrons. The molecule has 0 bridgehead atoms. The third kappa shape index (κ3) is 3.16. The number of hydrogen-bond acceptors (Lipinski definition) is 7. The molecule has 9 heteroatoms. The number of aromatic nitrogens is 4. The van der Waals surface area contributed by atoms with E-state index in [9.17, 15) is 4.79 Å². The SMILES string of the molecule is CCc1nc([C@H]2CN(C(=O)c3ncoc3[C@@H]3CCCO3)CCO2)n[nH]1. The quantitative estimate of drug-likeness (QED) is 0.891. The van der Waals surface area contributed by atoms with Crippen molar-refractivity contribution in [2.45, 2.75) is 38.4 Å². The van der Waals surface area contributed by atoms with Gasteiger partial charge in [0.25, 0.3) is 5.91 Å². The molecular weight excluding hydrogens is 326 g/mol. The smallest absolute Gasteiger partial charge is 0.276 e. The summed E-state index contributed by atoms with van der Waals surface area (Å²) in [7, 11) is 0. The molecule has 2 aliphatic heterocycles. The van der Waals surface area contributed by atoms with Gasteiger partial charge in [-0.1, -0.05) is 6.92 Å². The Hall–Kier alpha value is -2.26. The molecule has 0 aromatic carbocycles. The molecule has 9 nitrogen and oxygen atoms in total. The van der Waals surface area contributed by atoms with Gasteiger partial charge < -0.3 is 18.8 Å². The summed E-state index contributed by atoms with van der Waals surface area (Å²) in [6.45, 7) is 4.00. The van der Waals surface area contributed by atoms with Crippen LogP contribution >= 0.6 is 0 Å². The summed E-state index contributed by atoms with van der Waals surface area (Å²) in [5.41, 5.74) is 0.330. The van der Waals surface area contributed by atoms with Crippen LogP contribution in [-0.2, 0) is 15.9 Å². The number of ether oxygens (including phenoxy) is 2. The van der Waals surface area contributed by atoms with Crippen molar-refractivity contribution in [2.24, 2.45) is 0 Å². The van der Waals surface area contributed by atoms with Crippen LogP contribution in [0.15, 0.2) is 10.8 Å². The summed E-state index contributed by atoms with van der Waals surface area (Å²) >= 11 is 0. The van der Waals surface area contributed by atoms with Crippen molar-refractivity contribution in [1.29, 1.82) is 0 Å². The van der Waals surface area contributed by atoms with Gasteiger partial charge in [-0.2, -0.15) is 5.10 Å². The van der Waals surface area contributed by atoms with Crippen molar-refractivity contribution < 1.29 is 18.7 Å². The molecule has 2 saturated heterocycles. The highest BCUT2D eigenvalue weighted by molar-refractivity contribution is 5.93. The molecule has 2 fully saturated rings. The minimum Gasteiger partial charge on any atom is -0.445 e. The number of aryl methyl sites for hydroxylation is 1. The van der Waals surface area contributed by atoms with E-state index in [4.69, 9.17) is 13.9 Å². The van der Waals surface area contributed by atoms with Crippen molar-refractivity contribution >= 4 is 5.91 Å². The van der Waals surface area contributed by atoms with E-state index < -0.39 is 0 Å². The number of oxazole rings is 1. The minimum atomic E-state index is -0.340. The second-order valence-corrected chi connectivity index (χ2v) is 6.17. The molecule has 2 aromatic heterocycles. The van der Waals surface area contributed by atoms with E-state index in [1.54, 1.807) is 4.90 Å². The Labute approximate surface area is 144 Å². The van der Waals surface area contributed by atoms with Crippen LogP contribution < -0.4 is 0 Å². The fraction of sp³-hybridized carbons (Fsp3) is 0.625. The highest BCUT2D eigenvalue weighted by Gasteiger charge is 2.34. The fourth-order valence-electron chi connectivity index (χ4n) is 3.18. The standard InChI is InChI=1S/C16H21N5O4/c1-2-12-18-15(20-19-12)11-8-21(5-7-24-11)16(22)13-14(25-9-17-13)10-4-3-6-23-10/h9-11H,2-8H2,1H3,(H,18,19,20)/t10-,11+/m0/s1. The molecule has 2 atom stereocenters. The van der Waals surface area contributed by atoms with Gasteiger partial charge in [0.2, 0.25) is 0 Å². The van der Waals surface area contributed by atoms with Gasteiger partial charge >= 0.3 is 0 Å². The number of morpholine rings is 1. The molecular formula is C16H21N5O4. The van der Waals surface area contributed by atoms with Gasteiger partial charge in [0.1, 0.15) is 18.0 Å². The van der Waals surface area contributed by atoms with Crippen molar-refractivity contribution in [3.8, 4) is 0 Å². The first-order valence-electron chi connectivity index (χ1n) is 8.63. The van der Waals surface area contributed by atoms with Crippen LogP contribution in [0, 0.1) is 0 Å². The van der Waals surface area contributed by atoms with Gasteiger partial charge in [-0.3, -0.25) is 9.89 Å². The number of nitrogens with one attached hydrogen (secondary N) is 1. The van der Waals surface area contributed by atoms with Crippen molar-refractivity contribution in [3.63, 3.8) is 0 Å². The predicted molar refractivity (Wildman–Crippen MR) is 84.8 cm³/mol. The number of nitrogens with zero attached hydrogens (tertiary/aromatic N) is 4. The molecule has 134 valence electrons. The monoisotopic (exact) mass is 347 g/mol. The zero-order valence-corrected chi connectivity index (χ0v) is 14.1. The second-order valence-electron chi connectivity index (χ2n) is 6.17. The van der Waals surface area contributed by atoms with Gasteiger partial charge in [-0.05, 0) is 12.8 Å². The minimum absolute atomic E-state index is 0.168. The summed E-state index contributed by atoms with van der Waals surface area (Å²) < 4.78 is 16.8. The lowest BCUT2D eigenvalue weighted by Gasteiger charge is -2.31. The van der Waals surface area contributed by atoms with E-state index in [0.29, 0.717) is 43.6 Å². The fourth-order valence-corrected chi connectivity index (χ4v) is 3.18. The van der Waals surface area contributed by atoms with Crippen LogP contribution in [0.5, 0.6) is 0 Å². The first-order valence-corrected chi connectivity index (χ1v) is 8.63. The van der Waals surface area contributed by atoms with E-state index >= 15 is 0 Å². The third-order valence-corrected chi connectivity index (χ3v) is 4.55. The number of carbonyl (C=O) groups is 1. The lowest BCUT2D eigenvalue weighted by molar-refractivity contribution is -0.0270. The number of aromatic amines is 1. The number of amides is 1. The predicted octanol–water partition coefficient (Wildman–Crippen LogP) is 1.42. The molecule has 4 heterocycles. The Balaban J connectivity index is 1.49. The molecule has 0 saturated carbocycles. The van der Waals surface area contributed by atoms with Gasteiger partial charge in [-0.15, -0.1) is 0 Å². The Morgan fingerprint density at radius 2 is 2.24 bits per heavy atom. The Kier molecular flexibility index (Phi) is 4.50. The summed E-state index contributed by atoms with van der Waals surface area (Å²) in [4.78, 5) is 23.2. The van der Waals surface area contributed by atoms with Crippen LogP contribution in [0.3, 0.4) is 0 Å². The maximum Gasteiger partial charge on any atom is 0.276 e. The molecule has 1 N–H and O–H groups in total. The summed E-state index contributed by atoms with van der Waals surface area (Å²) in [6, 6.07) is 0. The van der Waals surface area contributed by atoms with Gasteiger partial charge in [-0.25, -0.2) is 9.97 Å². The first kappa shape index (κ1) is 16.2. The second kappa shape index (κ2) is 6.93. The molecule has 1 amide bonds. The lowest BCUT2D eigenvalue weighted by atomic mass is 10.1. The van der Waals surface area contributed by atoms with Crippen LogP contribution in [0.4, 0.5) is 0 Å². The van der Waals surface area contributed by atoms with Gasteiger partial charge in [0, 0.05) is 19.6 Å². The lowest BCUT2D eigenvalue weighted by Crippen LogP contribution is -2.43. The molecule has 4 rings (SSSR count). The first-order chi connectivity index (χ1) is 12.3. The highest BCUT2D eigenvalue weighted by Crippen LogP contribution is 2.31. The number of hydrogen-bond donors (Lipinski definition) is 1. The van der Waals surface area contributed by atoms with Crippen molar-refractivity contribution in [3.05, 3.63) is 29.5 Å². The molecule has 2 aliphatic rings. The van der Waals surface area contributed by atoms with Crippen LogP contribution in [0.1, 0.15) is 59.9 Å². The van der Waals surface area contributed by atoms with Gasteiger partial charge in [0.15, 0.2) is 23.7 Å². The van der Waals surface area contributed by atoms with E-state index in [2.05, 4.69) is 20.2 Å². The summed E-state index contributed by atoms with van der Waals surface area (Å²) in [5, 5.41) is 7.08. The Morgan fingerprint density at radius 3 is 3.00 bits per heavy atom. The van der Waals surface area contributed by atoms with Crippen LogP contribution in [0.2, 0.25) is 0 Å². The number of carbonyl (C=O) groups excluding carboxylic acids is 1. The molecule has 2 aromatic rings. The van der Waals surface area contributed by atoms with Crippen LogP contribution in [0.25, 0.3) is 0 Å². The number of rotatable bonds is 4. The summed E-state index contributed by atoms with van der Waals surface area (Å²) in [5.74, 6) is 1.74. The zero-order chi connectivity index (χ0) is 17.2. The Bertz CT molecular complexity index is 736. The van der Waals surface area contributed by atoms with Crippen molar-refractivity contribution in [2.75, 3.05) is 26.3 Å². The average Bonchev–Trinajstić information content (AvgIpc) is 3.41. The topological polar surface area (TPSA) is 106 Å². The molecule has 0 aliphatic carbocycles. The van der Waals surface area contributed by atoms with E-state index in [1.165, 1.54) is 6.39 Å². The largest absolute Gasteiger partial charge is 0.445 e. The third-order valence-electron chi connectivity index (χ3n) is 4.55. The zero-order valence-electron chi connectivity index (χ0n) is 14.1. The maximum absolute atomic E-state index is 12.9. The molecule has 0 spiro atoms. The molecule has 0 unspecified atom stereocenters. The number of H-pyrrole nitrogens is 1. The van der Waals surface area contributed by atoms with Crippen molar-refractivity contribution in [1.82, 2.24) is 25.1 Å². The van der Waals surface area contributed by atoms with Gasteiger partial charge in [0.05, 0.1) is 13.2 Å². The van der Waals surface area contributed by atoms with Crippen LogP contribution in [-0.4, -0.2) is 57.3 Å². The highest BCUT2D eigenvalue weighted by atomic mass is 16.5. The summed E-state index contributed by atoms with van der Waals surface area (Å²) in [6.07, 6.45) is 3.36. The Morgan fingerprint density at radius 1 is 1.36 bits per heavy atom. The molecule has 25 heavy (non-hydrogen) atoms. The average molecular weight is 347 g/mol.